The van der Waals surface area contributed by atoms with Crippen LogP contribution in [0.25, 0.3) is 0 Å². The van der Waals surface area contributed by atoms with Crippen molar-refractivity contribution >= 4 is 28.8 Å². The molecule has 0 radical (unpaired) electrons. The number of imidazole rings is 1. The van der Waals surface area contributed by atoms with Crippen LogP contribution in [-0.2, 0) is 13.6 Å². The van der Waals surface area contributed by atoms with E-state index in [4.69, 9.17) is 11.6 Å². The zero-order valence-corrected chi connectivity index (χ0v) is 14.0. The van der Waals surface area contributed by atoms with Crippen LogP contribution in [0.4, 0.5) is 0 Å². The molecule has 0 atom stereocenters. The minimum atomic E-state index is 0.0307. The lowest BCUT2D eigenvalue weighted by molar-refractivity contribution is 0.0756. The molecule has 1 aliphatic rings. The summed E-state index contributed by atoms with van der Waals surface area (Å²) >= 11 is 7.48. The first-order chi connectivity index (χ1) is 10.6. The molecule has 0 aromatic carbocycles. The summed E-state index contributed by atoms with van der Waals surface area (Å²) in [5.41, 5.74) is 2.25. The van der Waals surface area contributed by atoms with Crippen LogP contribution < -0.4 is 0 Å². The molecule has 1 amide bonds. The number of hydrogen-bond acceptors (Lipinski definition) is 5. The van der Waals surface area contributed by atoms with Crippen LogP contribution >= 0.6 is 22.9 Å². The molecule has 0 aliphatic carbocycles. The first-order valence-corrected chi connectivity index (χ1v) is 8.53. The number of carbonyl (C=O) groups excluding carboxylic acids is 1. The summed E-state index contributed by atoms with van der Waals surface area (Å²) in [6.07, 6.45) is 2.63. The highest BCUT2D eigenvalue weighted by Crippen LogP contribution is 2.14. The van der Waals surface area contributed by atoms with E-state index in [0.717, 1.165) is 38.4 Å². The highest BCUT2D eigenvalue weighted by Gasteiger charge is 2.22. The van der Waals surface area contributed by atoms with Gasteiger partial charge in [-0.05, 0) is 6.42 Å². The van der Waals surface area contributed by atoms with Gasteiger partial charge in [-0.3, -0.25) is 9.69 Å². The fraction of sp³-hybridized carbons (Fsp3) is 0.500. The molecule has 2 aromatic rings. The van der Waals surface area contributed by atoms with Crippen LogP contribution in [0.15, 0.2) is 17.1 Å². The molecule has 8 heteroatoms. The van der Waals surface area contributed by atoms with Gasteiger partial charge in [0.25, 0.3) is 5.91 Å². The number of nitrogens with zero attached hydrogens (tertiary/aromatic N) is 5. The summed E-state index contributed by atoms with van der Waals surface area (Å²) in [6.45, 7) is 4.02. The van der Waals surface area contributed by atoms with Crippen LogP contribution in [0.3, 0.4) is 0 Å². The molecule has 0 bridgehead atoms. The minimum absolute atomic E-state index is 0.0307. The van der Waals surface area contributed by atoms with Crippen molar-refractivity contribution in [2.45, 2.75) is 13.0 Å². The van der Waals surface area contributed by atoms with Crippen molar-refractivity contribution < 1.29 is 4.79 Å². The molecule has 22 heavy (non-hydrogen) atoms. The number of halogens is 1. The first-order valence-electron chi connectivity index (χ1n) is 7.21. The van der Waals surface area contributed by atoms with Gasteiger partial charge in [0, 0.05) is 38.6 Å². The predicted octanol–water partition coefficient (Wildman–Crippen LogP) is 1.88. The van der Waals surface area contributed by atoms with E-state index in [9.17, 15) is 4.79 Å². The van der Waals surface area contributed by atoms with E-state index < -0.39 is 0 Å². The molecule has 1 aliphatic heterocycles. The summed E-state index contributed by atoms with van der Waals surface area (Å²) in [5.74, 6) is 0.979. The predicted molar refractivity (Wildman–Crippen MR) is 86.1 cm³/mol. The normalized spacial score (nSPS) is 16.7. The number of aromatic nitrogens is 3. The third-order valence-electron chi connectivity index (χ3n) is 3.92. The summed E-state index contributed by atoms with van der Waals surface area (Å²) in [4.78, 5) is 25.0. The fourth-order valence-corrected chi connectivity index (χ4v) is 3.26. The first kappa shape index (κ1) is 15.5. The molecule has 0 unspecified atom stereocenters. The lowest BCUT2D eigenvalue weighted by Crippen LogP contribution is -2.35. The summed E-state index contributed by atoms with van der Waals surface area (Å²) < 4.78 is 1.89. The molecule has 2 aromatic heterocycles. The number of hydrogen-bond donors (Lipinski definition) is 0. The molecule has 1 saturated heterocycles. The summed E-state index contributed by atoms with van der Waals surface area (Å²) in [5, 5.41) is 2.45. The topological polar surface area (TPSA) is 54.3 Å². The Morgan fingerprint density at radius 2 is 2.18 bits per heavy atom. The van der Waals surface area contributed by atoms with Gasteiger partial charge in [0.15, 0.2) is 0 Å². The molecule has 6 nitrogen and oxygen atoms in total. The monoisotopic (exact) mass is 339 g/mol. The van der Waals surface area contributed by atoms with Crippen molar-refractivity contribution in [1.82, 2.24) is 24.3 Å². The van der Waals surface area contributed by atoms with Gasteiger partial charge in [-0.15, -0.1) is 11.3 Å². The highest BCUT2D eigenvalue weighted by molar-refractivity contribution is 7.07. The SMILES string of the molecule is Cn1c(Cl)cnc1CN1CCCN(C(=O)c2cscn2)CC1. The van der Waals surface area contributed by atoms with Gasteiger partial charge in [0.1, 0.15) is 16.7 Å². The Balaban J connectivity index is 1.60. The van der Waals surface area contributed by atoms with Crippen molar-refractivity contribution in [2.75, 3.05) is 26.2 Å². The fourth-order valence-electron chi connectivity index (χ4n) is 2.58. The van der Waals surface area contributed by atoms with E-state index in [-0.39, 0.29) is 5.91 Å². The van der Waals surface area contributed by atoms with Crippen molar-refractivity contribution in [1.29, 1.82) is 0 Å². The molecule has 0 saturated carbocycles. The van der Waals surface area contributed by atoms with Gasteiger partial charge in [-0.1, -0.05) is 11.6 Å². The molecular weight excluding hydrogens is 322 g/mol. The Morgan fingerprint density at radius 3 is 2.86 bits per heavy atom. The second-order valence-electron chi connectivity index (χ2n) is 5.35. The van der Waals surface area contributed by atoms with E-state index in [1.165, 1.54) is 11.3 Å². The van der Waals surface area contributed by atoms with E-state index in [0.29, 0.717) is 17.4 Å². The third-order valence-corrected chi connectivity index (χ3v) is 4.86. The van der Waals surface area contributed by atoms with Crippen molar-refractivity contribution in [3.05, 3.63) is 33.8 Å². The van der Waals surface area contributed by atoms with Crippen molar-refractivity contribution in [2.24, 2.45) is 7.05 Å². The number of amides is 1. The molecule has 0 N–H and O–H groups in total. The van der Waals surface area contributed by atoms with Gasteiger partial charge >= 0.3 is 0 Å². The average molecular weight is 340 g/mol. The summed E-state index contributed by atoms with van der Waals surface area (Å²) in [6, 6.07) is 0. The maximum absolute atomic E-state index is 12.4. The van der Waals surface area contributed by atoms with Crippen molar-refractivity contribution in [3.8, 4) is 0 Å². The second kappa shape index (κ2) is 6.76. The van der Waals surface area contributed by atoms with Gasteiger partial charge in [-0.25, -0.2) is 9.97 Å². The van der Waals surface area contributed by atoms with Crippen LogP contribution in [0.1, 0.15) is 22.7 Å². The zero-order chi connectivity index (χ0) is 15.5. The van der Waals surface area contributed by atoms with Gasteiger partial charge in [0.05, 0.1) is 18.3 Å². The maximum atomic E-state index is 12.4. The van der Waals surface area contributed by atoms with Crippen molar-refractivity contribution in [3.63, 3.8) is 0 Å². The standard InChI is InChI=1S/C14H18ClN5OS/c1-18-12(15)7-16-13(18)8-19-3-2-4-20(6-5-19)14(21)11-9-22-10-17-11/h7,9-10H,2-6,8H2,1H3. The minimum Gasteiger partial charge on any atom is -0.336 e. The second-order valence-corrected chi connectivity index (χ2v) is 6.46. The van der Waals surface area contributed by atoms with E-state index >= 15 is 0 Å². The van der Waals surface area contributed by atoms with Gasteiger partial charge in [-0.2, -0.15) is 0 Å². The lowest BCUT2D eigenvalue weighted by atomic mass is 10.3. The highest BCUT2D eigenvalue weighted by atomic mass is 35.5. The molecular formula is C14H18ClN5OS. The number of thiazole rings is 1. The van der Waals surface area contributed by atoms with Gasteiger partial charge < -0.3 is 9.47 Å². The third kappa shape index (κ3) is 3.31. The van der Waals surface area contributed by atoms with Crippen LogP contribution in [-0.4, -0.2) is 56.4 Å². The van der Waals surface area contributed by atoms with E-state index in [1.54, 1.807) is 17.1 Å². The molecule has 118 valence electrons. The average Bonchev–Trinajstić information content (AvgIpc) is 3.08. The maximum Gasteiger partial charge on any atom is 0.273 e. The van der Waals surface area contributed by atoms with E-state index in [2.05, 4.69) is 14.9 Å². The quantitative estimate of drug-likeness (QED) is 0.856. The molecule has 0 spiro atoms. The number of rotatable bonds is 3. The Bertz CT molecular complexity index is 642. The number of carbonyl (C=O) groups is 1. The smallest absolute Gasteiger partial charge is 0.273 e. The molecule has 3 rings (SSSR count). The lowest BCUT2D eigenvalue weighted by Gasteiger charge is -2.21. The van der Waals surface area contributed by atoms with Gasteiger partial charge in [0.2, 0.25) is 0 Å². The Morgan fingerprint density at radius 1 is 1.32 bits per heavy atom. The Labute approximate surface area is 138 Å². The largest absolute Gasteiger partial charge is 0.336 e. The molecule has 1 fully saturated rings. The molecule has 3 heterocycles. The summed E-state index contributed by atoms with van der Waals surface area (Å²) in [7, 11) is 1.92. The zero-order valence-electron chi connectivity index (χ0n) is 12.4. The van der Waals surface area contributed by atoms with E-state index in [1.807, 2.05) is 16.5 Å². The Kier molecular flexibility index (Phi) is 4.75. The van der Waals surface area contributed by atoms with Crippen LogP contribution in [0.2, 0.25) is 5.15 Å². The van der Waals surface area contributed by atoms with Crippen LogP contribution in [0.5, 0.6) is 0 Å². The Hall–Kier alpha value is -1.44. The van der Waals surface area contributed by atoms with Crippen LogP contribution in [0, 0.1) is 0 Å².